The number of aliphatic carboxylic acids is 1. The van der Waals surface area contributed by atoms with Crippen molar-refractivity contribution in [1.29, 1.82) is 0 Å². The number of carboxylic acid groups (broad SMARTS) is 1. The van der Waals surface area contributed by atoms with Gasteiger partial charge in [-0.1, -0.05) is 12.1 Å². The molecule has 1 aromatic rings. The topological polar surface area (TPSA) is 130 Å². The van der Waals surface area contributed by atoms with E-state index in [2.05, 4.69) is 0 Å². The molecule has 0 bridgehead atoms. The summed E-state index contributed by atoms with van der Waals surface area (Å²) in [4.78, 5) is 22.5. The quantitative estimate of drug-likeness (QED) is 0.448. The van der Waals surface area contributed by atoms with Crippen molar-refractivity contribution in [3.63, 3.8) is 0 Å². The van der Waals surface area contributed by atoms with E-state index < -0.39 is 36.8 Å². The molecule has 0 unspecified atom stereocenters. The molecule has 0 spiro atoms. The highest BCUT2D eigenvalue weighted by molar-refractivity contribution is 5.82. The number of ether oxygens (including phenoxy) is 1. The zero-order valence-electron chi connectivity index (χ0n) is 14.0. The zero-order valence-corrected chi connectivity index (χ0v) is 14.0. The molecule has 0 aliphatic heterocycles. The van der Waals surface area contributed by atoms with E-state index in [-0.39, 0.29) is 25.2 Å². The van der Waals surface area contributed by atoms with Crippen molar-refractivity contribution in [2.45, 2.75) is 38.0 Å². The van der Waals surface area contributed by atoms with Crippen LogP contribution in [0.1, 0.15) is 18.9 Å². The lowest BCUT2D eigenvalue weighted by Crippen LogP contribution is -2.34. The van der Waals surface area contributed by atoms with Gasteiger partial charge in [-0.25, -0.2) is 4.39 Å². The maximum atomic E-state index is 12.2. The molecule has 1 aromatic carbocycles. The highest BCUT2D eigenvalue weighted by Crippen LogP contribution is 2.18. The lowest BCUT2D eigenvalue weighted by atomic mass is 9.92. The van der Waals surface area contributed by atoms with Gasteiger partial charge in [-0.3, -0.25) is 9.59 Å². The van der Waals surface area contributed by atoms with E-state index in [9.17, 15) is 24.2 Å². The van der Waals surface area contributed by atoms with E-state index in [1.165, 1.54) is 6.92 Å². The van der Waals surface area contributed by atoms with Crippen molar-refractivity contribution >= 4 is 11.8 Å². The minimum absolute atomic E-state index is 0.0518. The first-order valence-electron chi connectivity index (χ1n) is 7.87. The first kappa shape index (κ1) is 21.0. The second-order valence-corrected chi connectivity index (χ2v) is 5.94. The summed E-state index contributed by atoms with van der Waals surface area (Å²) < 4.78 is 17.4. The Morgan fingerprint density at radius 2 is 1.80 bits per heavy atom. The number of nitrogens with two attached hydrogens (primary N) is 1. The van der Waals surface area contributed by atoms with Gasteiger partial charge in [0.1, 0.15) is 37.0 Å². The molecule has 0 aliphatic carbocycles. The second-order valence-electron chi connectivity index (χ2n) is 5.94. The largest absolute Gasteiger partial charge is 0.491 e. The van der Waals surface area contributed by atoms with Gasteiger partial charge in [-0.2, -0.15) is 0 Å². The van der Waals surface area contributed by atoms with Crippen LogP contribution in [0.3, 0.4) is 0 Å². The Bertz CT molecular complexity index is 565. The van der Waals surface area contributed by atoms with Crippen LogP contribution >= 0.6 is 0 Å². The van der Waals surface area contributed by atoms with Gasteiger partial charge < -0.3 is 25.8 Å². The van der Waals surface area contributed by atoms with E-state index in [4.69, 9.17) is 15.6 Å². The Labute approximate surface area is 145 Å². The number of carboxylic acids is 1. The summed E-state index contributed by atoms with van der Waals surface area (Å²) in [6.07, 6.45) is -2.58. The number of aliphatic hydroxyl groups is 2. The maximum absolute atomic E-state index is 12.2. The SMILES string of the molecule is CC(=O)[C@@H](N)C[C@H](Cc1ccc(OC[C@H](O)[C@@H](O)CF)cc1)C(=O)O. The minimum atomic E-state index is -1.50. The molecule has 0 aromatic heterocycles. The van der Waals surface area contributed by atoms with Crippen molar-refractivity contribution in [3.05, 3.63) is 29.8 Å². The molecule has 25 heavy (non-hydrogen) atoms. The van der Waals surface area contributed by atoms with Crippen LogP contribution in [0.25, 0.3) is 0 Å². The monoisotopic (exact) mass is 357 g/mol. The normalized spacial score (nSPS) is 15.9. The van der Waals surface area contributed by atoms with Gasteiger partial charge in [0.25, 0.3) is 0 Å². The number of hydrogen-bond donors (Lipinski definition) is 4. The number of carbonyl (C=O) groups is 2. The molecule has 140 valence electrons. The van der Waals surface area contributed by atoms with E-state index in [0.717, 1.165) is 5.56 Å². The highest BCUT2D eigenvalue weighted by Gasteiger charge is 2.23. The number of rotatable bonds is 11. The summed E-state index contributed by atoms with van der Waals surface area (Å²) in [6.45, 7) is -0.0118. The molecule has 8 heteroatoms. The average Bonchev–Trinajstić information content (AvgIpc) is 2.59. The molecule has 0 saturated carbocycles. The molecule has 0 fully saturated rings. The fraction of sp³-hybridized carbons (Fsp3) is 0.529. The Kier molecular flexibility index (Phi) is 8.47. The van der Waals surface area contributed by atoms with Gasteiger partial charge in [-0.15, -0.1) is 0 Å². The van der Waals surface area contributed by atoms with Gasteiger partial charge in [0.15, 0.2) is 0 Å². The molecular weight excluding hydrogens is 333 g/mol. The maximum Gasteiger partial charge on any atom is 0.306 e. The minimum Gasteiger partial charge on any atom is -0.491 e. The molecule has 7 nitrogen and oxygen atoms in total. The number of alkyl halides is 1. The second kappa shape index (κ2) is 10.1. The first-order chi connectivity index (χ1) is 11.7. The number of Topliss-reactive ketones (excluding diaryl/α,β-unsaturated/α-hetero) is 1. The van der Waals surface area contributed by atoms with Crippen LogP contribution in [0.4, 0.5) is 4.39 Å². The molecule has 5 N–H and O–H groups in total. The smallest absolute Gasteiger partial charge is 0.306 e. The van der Waals surface area contributed by atoms with Crippen LogP contribution in [-0.4, -0.2) is 58.6 Å². The molecule has 0 amide bonds. The van der Waals surface area contributed by atoms with Gasteiger partial charge in [0, 0.05) is 0 Å². The zero-order chi connectivity index (χ0) is 19.0. The van der Waals surface area contributed by atoms with Crippen molar-refractivity contribution in [1.82, 2.24) is 0 Å². The Balaban J connectivity index is 2.62. The Morgan fingerprint density at radius 3 is 2.28 bits per heavy atom. The molecule has 0 radical (unpaired) electrons. The molecule has 4 atom stereocenters. The van der Waals surface area contributed by atoms with Crippen LogP contribution in [0.5, 0.6) is 5.75 Å². The van der Waals surface area contributed by atoms with Crippen molar-refractivity contribution in [2.24, 2.45) is 11.7 Å². The number of carbonyl (C=O) groups excluding carboxylic acids is 1. The third-order valence-electron chi connectivity index (χ3n) is 3.84. The van der Waals surface area contributed by atoms with Gasteiger partial charge in [-0.05, 0) is 37.5 Å². The molecule has 0 aliphatic rings. The summed E-state index contributed by atoms with van der Waals surface area (Å²) in [7, 11) is 0. The predicted octanol–water partition coefficient (Wildman–Crippen LogP) is 0.306. The predicted molar refractivity (Wildman–Crippen MR) is 88.0 cm³/mol. The van der Waals surface area contributed by atoms with Crippen molar-refractivity contribution in [3.8, 4) is 5.75 Å². The number of hydrogen-bond acceptors (Lipinski definition) is 6. The lowest BCUT2D eigenvalue weighted by Gasteiger charge is -2.17. The van der Waals surface area contributed by atoms with E-state index in [1.54, 1.807) is 24.3 Å². The summed E-state index contributed by atoms with van der Waals surface area (Å²) >= 11 is 0. The van der Waals surface area contributed by atoms with Crippen molar-refractivity contribution < 1.29 is 34.0 Å². The molecule has 1 rings (SSSR count). The van der Waals surface area contributed by atoms with Crippen LogP contribution in [0, 0.1) is 5.92 Å². The number of aliphatic hydroxyl groups excluding tert-OH is 2. The average molecular weight is 357 g/mol. The Hall–Kier alpha value is -2.03. The standard InChI is InChI=1S/C17H24FNO6/c1-10(20)14(19)7-12(17(23)24)6-11-2-4-13(5-3-11)25-9-16(22)15(21)8-18/h2-5,12,14-16,21-22H,6-9,19H2,1H3,(H,23,24)/t12-,14-,15-,16-/m0/s1. The fourth-order valence-electron chi connectivity index (χ4n) is 2.15. The Morgan fingerprint density at radius 1 is 1.20 bits per heavy atom. The van der Waals surface area contributed by atoms with Gasteiger partial charge in [0.05, 0.1) is 12.0 Å². The number of ketones is 1. The first-order valence-corrected chi connectivity index (χ1v) is 7.87. The fourth-order valence-corrected chi connectivity index (χ4v) is 2.15. The summed E-state index contributed by atoms with van der Waals surface area (Å²) in [5.74, 6) is -1.68. The highest BCUT2D eigenvalue weighted by atomic mass is 19.1. The third-order valence-corrected chi connectivity index (χ3v) is 3.84. The van der Waals surface area contributed by atoms with E-state index in [0.29, 0.717) is 5.75 Å². The lowest BCUT2D eigenvalue weighted by molar-refractivity contribution is -0.142. The van der Waals surface area contributed by atoms with E-state index >= 15 is 0 Å². The van der Waals surface area contributed by atoms with E-state index in [1.807, 2.05) is 0 Å². The van der Waals surface area contributed by atoms with Crippen molar-refractivity contribution in [2.75, 3.05) is 13.3 Å². The third kappa shape index (κ3) is 7.16. The molecular formula is C17H24FNO6. The molecule has 0 saturated heterocycles. The number of halogens is 1. The summed E-state index contributed by atoms with van der Waals surface area (Å²) in [6, 6.07) is 5.65. The van der Waals surface area contributed by atoms with Gasteiger partial charge >= 0.3 is 5.97 Å². The van der Waals surface area contributed by atoms with Crippen LogP contribution < -0.4 is 10.5 Å². The van der Waals surface area contributed by atoms with Gasteiger partial charge in [0.2, 0.25) is 0 Å². The van der Waals surface area contributed by atoms with Crippen LogP contribution in [0.2, 0.25) is 0 Å². The summed E-state index contributed by atoms with van der Waals surface area (Å²) in [5, 5.41) is 27.8. The van der Waals surface area contributed by atoms with Crippen LogP contribution in [-0.2, 0) is 16.0 Å². The van der Waals surface area contributed by atoms with Crippen LogP contribution in [0.15, 0.2) is 24.3 Å². The summed E-state index contributed by atoms with van der Waals surface area (Å²) in [5.41, 5.74) is 6.36. The number of benzene rings is 1. The molecule has 0 heterocycles.